The van der Waals surface area contributed by atoms with Crippen molar-refractivity contribution >= 4 is 11.3 Å². The summed E-state index contributed by atoms with van der Waals surface area (Å²) in [7, 11) is 0. The second-order valence-corrected chi connectivity index (χ2v) is 5.77. The molecule has 1 heterocycles. The predicted octanol–water partition coefficient (Wildman–Crippen LogP) is 3.23. The smallest absolute Gasteiger partial charge is 0.109 e. The van der Waals surface area contributed by atoms with Crippen molar-refractivity contribution in [2.24, 2.45) is 5.41 Å². The molecular weight excluding hydrogens is 192 g/mol. The van der Waals surface area contributed by atoms with Crippen molar-refractivity contribution in [1.29, 1.82) is 0 Å². The highest BCUT2D eigenvalue weighted by Gasteiger charge is 2.22. The molecule has 14 heavy (non-hydrogen) atoms. The fourth-order valence-electron chi connectivity index (χ4n) is 1.14. The monoisotopic (exact) mass is 212 g/mol. The Morgan fingerprint density at radius 1 is 1.36 bits per heavy atom. The number of nitrogens with one attached hydrogen (secondary N) is 1. The molecule has 2 nitrogen and oxygen atoms in total. The molecule has 0 aliphatic carbocycles. The van der Waals surface area contributed by atoms with E-state index in [1.807, 2.05) is 11.6 Å². The topological polar surface area (TPSA) is 24.9 Å². The van der Waals surface area contributed by atoms with E-state index in [1.165, 1.54) is 5.01 Å². The van der Waals surface area contributed by atoms with E-state index in [4.69, 9.17) is 0 Å². The first kappa shape index (κ1) is 11.7. The Morgan fingerprint density at radius 3 is 2.43 bits per heavy atom. The molecule has 1 N–H and O–H groups in total. The molecule has 0 aromatic carbocycles. The quantitative estimate of drug-likeness (QED) is 0.832. The van der Waals surface area contributed by atoms with Crippen LogP contribution in [-0.4, -0.2) is 11.0 Å². The van der Waals surface area contributed by atoms with Crippen molar-refractivity contribution in [1.82, 2.24) is 10.3 Å². The summed E-state index contributed by atoms with van der Waals surface area (Å²) in [5.74, 6) is 0. The lowest BCUT2D eigenvalue weighted by atomic mass is 9.88. The van der Waals surface area contributed by atoms with Gasteiger partial charge in [-0.05, 0) is 19.3 Å². The molecule has 0 fully saturated rings. The van der Waals surface area contributed by atoms with Gasteiger partial charge in [0.05, 0.1) is 6.04 Å². The van der Waals surface area contributed by atoms with E-state index >= 15 is 0 Å². The summed E-state index contributed by atoms with van der Waals surface area (Å²) in [6.07, 6.45) is 1.86. The van der Waals surface area contributed by atoms with E-state index in [1.54, 1.807) is 11.3 Å². The maximum atomic E-state index is 4.31. The number of aromatic nitrogens is 1. The number of rotatable bonds is 3. The fourth-order valence-corrected chi connectivity index (χ4v) is 1.80. The Balaban J connectivity index is 2.53. The molecule has 1 aromatic heterocycles. The summed E-state index contributed by atoms with van der Waals surface area (Å²) in [4.78, 5) is 4.31. The summed E-state index contributed by atoms with van der Waals surface area (Å²) >= 11 is 1.71. The van der Waals surface area contributed by atoms with E-state index in [0.717, 1.165) is 0 Å². The first-order valence-corrected chi connectivity index (χ1v) is 5.94. The molecule has 2 atom stereocenters. The van der Waals surface area contributed by atoms with Crippen LogP contribution in [0.25, 0.3) is 0 Å². The lowest BCUT2D eigenvalue weighted by molar-refractivity contribution is 0.268. The van der Waals surface area contributed by atoms with Crippen LogP contribution in [0.5, 0.6) is 0 Å². The fraction of sp³-hybridized carbons (Fsp3) is 0.727. The van der Waals surface area contributed by atoms with Crippen molar-refractivity contribution in [2.75, 3.05) is 0 Å². The Labute approximate surface area is 90.8 Å². The molecule has 0 amide bonds. The summed E-state index contributed by atoms with van der Waals surface area (Å²) in [5.41, 5.74) is 0.297. The number of thiazole rings is 1. The number of nitrogens with zero attached hydrogens (tertiary/aromatic N) is 1. The molecule has 0 saturated heterocycles. The van der Waals surface area contributed by atoms with Crippen LogP contribution in [0.4, 0.5) is 0 Å². The van der Waals surface area contributed by atoms with Crippen LogP contribution in [0.1, 0.15) is 45.7 Å². The maximum absolute atomic E-state index is 4.31. The minimum Gasteiger partial charge on any atom is -0.305 e. The van der Waals surface area contributed by atoms with Crippen LogP contribution in [0.15, 0.2) is 11.6 Å². The molecule has 3 heteroatoms. The van der Waals surface area contributed by atoms with Gasteiger partial charge in [-0.1, -0.05) is 20.8 Å². The maximum Gasteiger partial charge on any atom is 0.109 e. The molecule has 2 unspecified atom stereocenters. The van der Waals surface area contributed by atoms with Crippen LogP contribution in [0.2, 0.25) is 0 Å². The third-order valence-electron chi connectivity index (χ3n) is 2.62. The van der Waals surface area contributed by atoms with Gasteiger partial charge in [0.2, 0.25) is 0 Å². The zero-order chi connectivity index (χ0) is 10.8. The van der Waals surface area contributed by atoms with Gasteiger partial charge < -0.3 is 5.32 Å². The highest BCUT2D eigenvalue weighted by Crippen LogP contribution is 2.23. The van der Waals surface area contributed by atoms with Gasteiger partial charge in [0, 0.05) is 17.6 Å². The summed E-state index contributed by atoms with van der Waals surface area (Å²) in [5, 5.41) is 6.76. The van der Waals surface area contributed by atoms with Gasteiger partial charge in [-0.25, -0.2) is 4.98 Å². The van der Waals surface area contributed by atoms with E-state index in [2.05, 4.69) is 44.9 Å². The Hall–Kier alpha value is -0.410. The van der Waals surface area contributed by atoms with Gasteiger partial charge in [-0.15, -0.1) is 11.3 Å². The molecule has 0 aliphatic rings. The van der Waals surface area contributed by atoms with Crippen molar-refractivity contribution < 1.29 is 0 Å². The van der Waals surface area contributed by atoms with Gasteiger partial charge in [0.25, 0.3) is 0 Å². The molecule has 1 rings (SSSR count). The normalized spacial score (nSPS) is 16.6. The van der Waals surface area contributed by atoms with Gasteiger partial charge >= 0.3 is 0 Å². The van der Waals surface area contributed by atoms with Crippen molar-refractivity contribution in [3.05, 3.63) is 16.6 Å². The molecule has 0 spiro atoms. The van der Waals surface area contributed by atoms with E-state index < -0.39 is 0 Å². The zero-order valence-electron chi connectivity index (χ0n) is 9.66. The molecule has 0 aliphatic heterocycles. The van der Waals surface area contributed by atoms with Gasteiger partial charge in [-0.3, -0.25) is 0 Å². The Bertz CT molecular complexity index is 261. The van der Waals surface area contributed by atoms with Crippen LogP contribution in [0.3, 0.4) is 0 Å². The predicted molar refractivity (Wildman–Crippen MR) is 62.6 cm³/mol. The third-order valence-corrected chi connectivity index (χ3v) is 3.58. The summed E-state index contributed by atoms with van der Waals surface area (Å²) in [6, 6.07) is 0.839. The first-order chi connectivity index (χ1) is 6.41. The van der Waals surface area contributed by atoms with E-state index in [-0.39, 0.29) is 0 Å². The van der Waals surface area contributed by atoms with Gasteiger partial charge in [0.15, 0.2) is 0 Å². The SMILES string of the molecule is CC(NC(C)C(C)(C)C)c1nccs1. The molecule has 1 aromatic rings. The van der Waals surface area contributed by atoms with E-state index in [0.29, 0.717) is 17.5 Å². The molecule has 0 bridgehead atoms. The zero-order valence-corrected chi connectivity index (χ0v) is 10.5. The van der Waals surface area contributed by atoms with Gasteiger partial charge in [0.1, 0.15) is 5.01 Å². The molecular formula is C11H20N2S. The lowest BCUT2D eigenvalue weighted by Crippen LogP contribution is -2.39. The van der Waals surface area contributed by atoms with Crippen LogP contribution < -0.4 is 5.32 Å². The van der Waals surface area contributed by atoms with Crippen molar-refractivity contribution in [3.8, 4) is 0 Å². The molecule has 0 radical (unpaired) electrons. The highest BCUT2D eigenvalue weighted by molar-refractivity contribution is 7.09. The molecule has 0 saturated carbocycles. The minimum atomic E-state index is 0.297. The van der Waals surface area contributed by atoms with Crippen molar-refractivity contribution in [2.45, 2.75) is 46.7 Å². The number of hydrogen-bond acceptors (Lipinski definition) is 3. The van der Waals surface area contributed by atoms with Gasteiger partial charge in [-0.2, -0.15) is 0 Å². The van der Waals surface area contributed by atoms with Crippen LogP contribution in [-0.2, 0) is 0 Å². The van der Waals surface area contributed by atoms with E-state index in [9.17, 15) is 0 Å². The van der Waals surface area contributed by atoms with Crippen LogP contribution in [0, 0.1) is 5.41 Å². The Kier molecular flexibility index (Phi) is 3.67. The average molecular weight is 212 g/mol. The summed E-state index contributed by atoms with van der Waals surface area (Å²) < 4.78 is 0. The van der Waals surface area contributed by atoms with Crippen LogP contribution >= 0.6 is 11.3 Å². The third kappa shape index (κ3) is 3.07. The molecule has 80 valence electrons. The average Bonchev–Trinajstić information content (AvgIpc) is 2.53. The standard InChI is InChI=1S/C11H20N2S/c1-8(10-12-6-7-14-10)13-9(2)11(3,4)5/h6-9,13H,1-5H3. The Morgan fingerprint density at radius 2 is 2.00 bits per heavy atom. The summed E-state index contributed by atoms with van der Waals surface area (Å²) in [6.45, 7) is 11.1. The first-order valence-electron chi connectivity index (χ1n) is 5.06. The lowest BCUT2D eigenvalue weighted by Gasteiger charge is -2.30. The number of hydrogen-bond donors (Lipinski definition) is 1. The largest absolute Gasteiger partial charge is 0.305 e. The van der Waals surface area contributed by atoms with Crippen molar-refractivity contribution in [3.63, 3.8) is 0 Å². The second kappa shape index (κ2) is 4.41. The highest BCUT2D eigenvalue weighted by atomic mass is 32.1. The second-order valence-electron chi connectivity index (χ2n) is 4.85. The minimum absolute atomic E-state index is 0.297.